The van der Waals surface area contributed by atoms with Crippen LogP contribution in [0.25, 0.3) is 0 Å². The Morgan fingerprint density at radius 1 is 1.07 bits per heavy atom. The van der Waals surface area contributed by atoms with Crippen molar-refractivity contribution in [1.82, 2.24) is 0 Å². The summed E-state index contributed by atoms with van der Waals surface area (Å²) in [4.78, 5) is 0. The van der Waals surface area contributed by atoms with Crippen molar-refractivity contribution in [3.63, 3.8) is 0 Å². The van der Waals surface area contributed by atoms with Gasteiger partial charge in [0, 0.05) is 0 Å². The second-order valence-corrected chi connectivity index (χ2v) is 4.22. The van der Waals surface area contributed by atoms with Gasteiger partial charge in [0.2, 0.25) is 0 Å². The van der Waals surface area contributed by atoms with Gasteiger partial charge in [0.15, 0.2) is 0 Å². The molecule has 0 unspecified atom stereocenters. The van der Waals surface area contributed by atoms with Gasteiger partial charge in [-0.15, -0.1) is 0 Å². The summed E-state index contributed by atoms with van der Waals surface area (Å²) in [6.45, 7) is 6.34. The van der Waals surface area contributed by atoms with Crippen molar-refractivity contribution in [2.45, 2.75) is 26.2 Å². The maximum absolute atomic E-state index is 8.57. The number of hydrogen-bond donors (Lipinski definition) is 2. The van der Waals surface area contributed by atoms with Crippen molar-refractivity contribution < 1.29 is 14.7 Å². The SMILES string of the molecule is CC(C)(C)c1ccc(OB(O)O)cc1.[KH]. The van der Waals surface area contributed by atoms with Crippen LogP contribution < -0.4 is 4.65 Å². The van der Waals surface area contributed by atoms with Gasteiger partial charge < -0.3 is 14.7 Å². The molecule has 0 bridgehead atoms. The number of hydrogen-bond acceptors (Lipinski definition) is 3. The van der Waals surface area contributed by atoms with Crippen LogP contribution in [0.4, 0.5) is 0 Å². The normalized spacial score (nSPS) is 10.5. The summed E-state index contributed by atoms with van der Waals surface area (Å²) in [5, 5.41) is 17.1. The third kappa shape index (κ3) is 5.49. The Bertz CT molecular complexity index is 293. The minimum atomic E-state index is -1.75. The molecule has 5 heteroatoms. The molecule has 0 saturated heterocycles. The second-order valence-electron chi connectivity index (χ2n) is 4.22. The molecule has 1 aromatic rings. The van der Waals surface area contributed by atoms with Gasteiger partial charge >= 0.3 is 58.7 Å². The summed E-state index contributed by atoms with van der Waals surface area (Å²) < 4.78 is 4.69. The van der Waals surface area contributed by atoms with Crippen LogP contribution in [-0.4, -0.2) is 68.8 Å². The third-order valence-electron chi connectivity index (χ3n) is 1.96. The van der Waals surface area contributed by atoms with Crippen LogP contribution in [-0.2, 0) is 5.41 Å². The van der Waals surface area contributed by atoms with Gasteiger partial charge in [-0.3, -0.25) is 0 Å². The molecule has 1 rings (SSSR count). The molecule has 0 aliphatic rings. The third-order valence-corrected chi connectivity index (χ3v) is 1.96. The van der Waals surface area contributed by atoms with Crippen LogP contribution >= 0.6 is 0 Å². The fourth-order valence-corrected chi connectivity index (χ4v) is 1.16. The maximum atomic E-state index is 8.57. The van der Waals surface area contributed by atoms with Gasteiger partial charge in [0.05, 0.1) is 0 Å². The van der Waals surface area contributed by atoms with E-state index in [1.54, 1.807) is 12.1 Å². The van der Waals surface area contributed by atoms with E-state index in [4.69, 9.17) is 14.7 Å². The van der Waals surface area contributed by atoms with E-state index in [1.165, 1.54) is 5.56 Å². The summed E-state index contributed by atoms with van der Waals surface area (Å²) in [5.41, 5.74) is 1.27. The van der Waals surface area contributed by atoms with E-state index in [0.29, 0.717) is 5.75 Å². The molecule has 1 aromatic carbocycles. The second kappa shape index (κ2) is 6.39. The summed E-state index contributed by atoms with van der Waals surface area (Å²) in [6, 6.07) is 7.27. The standard InChI is InChI=1S/C10H15BO3.K.H/c1-10(2,3)8-4-6-9(7-5-8)14-11(12)13;;/h4-7,12-13H,1-3H3;;. The van der Waals surface area contributed by atoms with Crippen LogP contribution in [0.3, 0.4) is 0 Å². The van der Waals surface area contributed by atoms with E-state index in [0.717, 1.165) is 0 Å². The Balaban J connectivity index is 0.00000196. The van der Waals surface area contributed by atoms with Crippen molar-refractivity contribution >= 4 is 58.7 Å². The molecule has 0 aromatic heterocycles. The summed E-state index contributed by atoms with van der Waals surface area (Å²) >= 11 is 0. The number of rotatable bonds is 2. The van der Waals surface area contributed by atoms with Crippen LogP contribution in [0.15, 0.2) is 24.3 Å². The molecule has 0 spiro atoms. The monoisotopic (exact) mass is 234 g/mol. The Morgan fingerprint density at radius 3 is 1.87 bits per heavy atom. The van der Waals surface area contributed by atoms with Crippen molar-refractivity contribution in [2.24, 2.45) is 0 Å². The molecule has 3 nitrogen and oxygen atoms in total. The van der Waals surface area contributed by atoms with E-state index in [2.05, 4.69) is 20.8 Å². The van der Waals surface area contributed by atoms with E-state index < -0.39 is 7.32 Å². The molecule has 0 radical (unpaired) electrons. The van der Waals surface area contributed by atoms with Gasteiger partial charge in [-0.05, 0) is 23.1 Å². The summed E-state index contributed by atoms with van der Waals surface area (Å²) in [6.07, 6.45) is 0. The van der Waals surface area contributed by atoms with Gasteiger partial charge in [-0.25, -0.2) is 0 Å². The Kier molecular flexibility index (Phi) is 6.67. The average Bonchev–Trinajstić information content (AvgIpc) is 2.02. The fraction of sp³-hybridized carbons (Fsp3) is 0.400. The Morgan fingerprint density at radius 2 is 1.53 bits per heavy atom. The molecule has 0 saturated carbocycles. The van der Waals surface area contributed by atoms with Gasteiger partial charge in [0.25, 0.3) is 0 Å². The zero-order valence-electron chi connectivity index (χ0n) is 8.69. The molecular formula is C10H16BKO3. The van der Waals surface area contributed by atoms with Crippen molar-refractivity contribution in [1.29, 1.82) is 0 Å². The van der Waals surface area contributed by atoms with E-state index in [9.17, 15) is 0 Å². The topological polar surface area (TPSA) is 49.7 Å². The molecule has 0 aliphatic carbocycles. The molecular weight excluding hydrogens is 218 g/mol. The van der Waals surface area contributed by atoms with Gasteiger partial charge in [-0.2, -0.15) is 0 Å². The molecule has 0 amide bonds. The van der Waals surface area contributed by atoms with Gasteiger partial charge in [0.1, 0.15) is 5.75 Å². The first-order chi connectivity index (χ1) is 6.39. The summed E-state index contributed by atoms with van der Waals surface area (Å²) in [5.74, 6) is 0.452. The first-order valence-corrected chi connectivity index (χ1v) is 4.53. The predicted octanol–water partition coefficient (Wildman–Crippen LogP) is 0.684. The Hall–Kier alpha value is 0.641. The molecule has 15 heavy (non-hydrogen) atoms. The first-order valence-electron chi connectivity index (χ1n) is 4.53. The number of benzene rings is 1. The van der Waals surface area contributed by atoms with Crippen molar-refractivity contribution in [3.8, 4) is 5.75 Å². The predicted molar refractivity (Wildman–Crippen MR) is 63.1 cm³/mol. The van der Waals surface area contributed by atoms with Crippen LogP contribution in [0.5, 0.6) is 5.75 Å². The van der Waals surface area contributed by atoms with Crippen LogP contribution in [0.2, 0.25) is 0 Å². The average molecular weight is 234 g/mol. The Labute approximate surface area is 133 Å². The molecule has 2 N–H and O–H groups in total. The van der Waals surface area contributed by atoms with Crippen molar-refractivity contribution in [3.05, 3.63) is 29.8 Å². The molecule has 0 aliphatic heterocycles. The van der Waals surface area contributed by atoms with Crippen LogP contribution in [0.1, 0.15) is 26.3 Å². The molecule has 0 atom stereocenters. The quantitative estimate of drug-likeness (QED) is 0.740. The minimum absolute atomic E-state index is 0. The first kappa shape index (κ1) is 15.6. The van der Waals surface area contributed by atoms with E-state index in [-0.39, 0.29) is 56.8 Å². The molecule has 0 fully saturated rings. The fourth-order valence-electron chi connectivity index (χ4n) is 1.16. The molecule has 78 valence electrons. The summed E-state index contributed by atoms with van der Waals surface area (Å²) in [7, 11) is -1.75. The van der Waals surface area contributed by atoms with E-state index >= 15 is 0 Å². The van der Waals surface area contributed by atoms with Crippen LogP contribution in [0, 0.1) is 0 Å². The van der Waals surface area contributed by atoms with Gasteiger partial charge in [-0.1, -0.05) is 32.9 Å². The molecule has 0 heterocycles. The zero-order valence-corrected chi connectivity index (χ0v) is 8.69. The van der Waals surface area contributed by atoms with E-state index in [1.807, 2.05) is 12.1 Å². The zero-order chi connectivity index (χ0) is 10.8. The van der Waals surface area contributed by atoms with Crippen molar-refractivity contribution in [2.75, 3.05) is 0 Å².